The molecule has 0 spiro atoms. The van der Waals surface area contributed by atoms with Crippen LogP contribution in [0.5, 0.6) is 0 Å². The molecule has 2 aromatic carbocycles. The second-order valence-corrected chi connectivity index (χ2v) is 9.66. The molecule has 1 aliphatic heterocycles. The first kappa shape index (κ1) is 22.1. The molecule has 1 aliphatic rings. The quantitative estimate of drug-likeness (QED) is 0.732. The van der Waals surface area contributed by atoms with Crippen LogP contribution in [0.4, 0.5) is 5.69 Å². The predicted octanol–water partition coefficient (Wildman–Crippen LogP) is 2.57. The zero-order chi connectivity index (χ0) is 21.9. The van der Waals surface area contributed by atoms with Crippen molar-refractivity contribution in [3.63, 3.8) is 0 Å². The van der Waals surface area contributed by atoms with Crippen LogP contribution < -0.4 is 10.0 Å². The average Bonchev–Trinajstić information content (AvgIpc) is 2.73. The van der Waals surface area contributed by atoms with Crippen molar-refractivity contribution < 1.29 is 18.0 Å². The molecule has 1 fully saturated rings. The normalized spacial score (nSPS) is 15.1. The number of carbonyl (C=O) groups is 2. The molecule has 2 amide bonds. The number of aryl methyl sites for hydroxylation is 1. The van der Waals surface area contributed by atoms with Crippen molar-refractivity contribution in [1.29, 1.82) is 0 Å². The van der Waals surface area contributed by atoms with E-state index < -0.39 is 10.0 Å². The lowest BCUT2D eigenvalue weighted by atomic mass is 9.96. The maximum absolute atomic E-state index is 13.3. The fourth-order valence-electron chi connectivity index (χ4n) is 3.40. The number of primary amides is 1. The Hall–Kier alpha value is -2.58. The first-order valence-electron chi connectivity index (χ1n) is 9.60. The Morgan fingerprint density at radius 1 is 1.07 bits per heavy atom. The Kier molecular flexibility index (Phi) is 6.67. The highest BCUT2D eigenvalue weighted by atomic mass is 35.5. The summed E-state index contributed by atoms with van der Waals surface area (Å²) >= 11 is 5.95. The number of hydrogen-bond acceptors (Lipinski definition) is 4. The van der Waals surface area contributed by atoms with E-state index in [0.717, 1.165) is 9.87 Å². The molecule has 0 bridgehead atoms. The van der Waals surface area contributed by atoms with Gasteiger partial charge in [-0.05, 0) is 56.2 Å². The largest absolute Gasteiger partial charge is 0.369 e. The van der Waals surface area contributed by atoms with Gasteiger partial charge in [0.15, 0.2) is 0 Å². The molecule has 7 nitrogen and oxygen atoms in total. The highest BCUT2D eigenvalue weighted by Gasteiger charge is 2.31. The molecule has 0 aromatic heterocycles. The van der Waals surface area contributed by atoms with Crippen LogP contribution in [0.3, 0.4) is 0 Å². The number of amides is 2. The predicted molar refractivity (Wildman–Crippen MR) is 116 cm³/mol. The molecule has 3 rings (SSSR count). The molecule has 0 unspecified atom stereocenters. The zero-order valence-electron chi connectivity index (χ0n) is 16.6. The molecule has 1 heterocycles. The Labute approximate surface area is 181 Å². The molecule has 0 saturated carbocycles. The van der Waals surface area contributed by atoms with Gasteiger partial charge >= 0.3 is 0 Å². The second kappa shape index (κ2) is 9.06. The first-order valence-corrected chi connectivity index (χ1v) is 11.4. The van der Waals surface area contributed by atoms with Gasteiger partial charge in [0, 0.05) is 24.0 Å². The number of likely N-dealkylation sites (tertiary alicyclic amines) is 1. The minimum atomic E-state index is -3.97. The van der Waals surface area contributed by atoms with Gasteiger partial charge in [-0.15, -0.1) is 0 Å². The molecular weight excluding hydrogens is 426 g/mol. The van der Waals surface area contributed by atoms with E-state index in [1.54, 1.807) is 41.3 Å². The summed E-state index contributed by atoms with van der Waals surface area (Å²) in [6.07, 6.45) is 0.958. The highest BCUT2D eigenvalue weighted by Crippen LogP contribution is 2.26. The van der Waals surface area contributed by atoms with E-state index >= 15 is 0 Å². The molecule has 2 aromatic rings. The maximum atomic E-state index is 13.3. The smallest absolute Gasteiger partial charge is 0.264 e. The van der Waals surface area contributed by atoms with Crippen LogP contribution in [0.15, 0.2) is 53.4 Å². The minimum Gasteiger partial charge on any atom is -0.369 e. The van der Waals surface area contributed by atoms with Crippen molar-refractivity contribution in [3.05, 3.63) is 59.1 Å². The number of hydrogen-bond donors (Lipinski definition) is 1. The third-order valence-corrected chi connectivity index (χ3v) is 7.29. The van der Waals surface area contributed by atoms with E-state index in [0.29, 0.717) is 36.6 Å². The number of sulfonamides is 1. The van der Waals surface area contributed by atoms with Gasteiger partial charge in [0.1, 0.15) is 6.54 Å². The van der Waals surface area contributed by atoms with Crippen molar-refractivity contribution >= 4 is 39.1 Å². The summed E-state index contributed by atoms with van der Waals surface area (Å²) in [7, 11) is -3.97. The van der Waals surface area contributed by atoms with Crippen molar-refractivity contribution in [3.8, 4) is 0 Å². The van der Waals surface area contributed by atoms with Gasteiger partial charge in [0.25, 0.3) is 10.0 Å². The number of halogens is 1. The van der Waals surface area contributed by atoms with E-state index in [9.17, 15) is 18.0 Å². The summed E-state index contributed by atoms with van der Waals surface area (Å²) in [5.74, 6) is -0.951. The molecule has 0 radical (unpaired) electrons. The molecule has 30 heavy (non-hydrogen) atoms. The number of carbonyl (C=O) groups excluding carboxylic acids is 2. The molecule has 2 N–H and O–H groups in total. The number of nitrogens with zero attached hydrogens (tertiary/aromatic N) is 2. The molecule has 0 atom stereocenters. The Morgan fingerprint density at radius 3 is 2.17 bits per heavy atom. The van der Waals surface area contributed by atoms with Crippen LogP contribution >= 0.6 is 11.6 Å². The van der Waals surface area contributed by atoms with Gasteiger partial charge < -0.3 is 10.6 Å². The summed E-state index contributed by atoms with van der Waals surface area (Å²) < 4.78 is 27.8. The summed E-state index contributed by atoms with van der Waals surface area (Å²) in [5, 5.41) is 0.464. The van der Waals surface area contributed by atoms with Gasteiger partial charge in [0.05, 0.1) is 10.6 Å². The molecule has 0 aliphatic carbocycles. The first-order chi connectivity index (χ1) is 14.2. The summed E-state index contributed by atoms with van der Waals surface area (Å²) in [6.45, 7) is 2.25. The van der Waals surface area contributed by atoms with E-state index in [4.69, 9.17) is 17.3 Å². The highest BCUT2D eigenvalue weighted by molar-refractivity contribution is 7.92. The van der Waals surface area contributed by atoms with Crippen LogP contribution in [-0.4, -0.2) is 44.8 Å². The second-order valence-electron chi connectivity index (χ2n) is 7.36. The SMILES string of the molecule is Cc1ccc(S(=O)(=O)N(CC(=O)N2CCC(C(N)=O)CC2)c2ccc(Cl)cc2)cc1. The molecule has 9 heteroatoms. The van der Waals surface area contributed by atoms with E-state index in [2.05, 4.69) is 0 Å². The summed E-state index contributed by atoms with van der Waals surface area (Å²) in [6, 6.07) is 12.8. The number of benzene rings is 2. The fraction of sp³-hybridized carbons (Fsp3) is 0.333. The Balaban J connectivity index is 1.87. The molecular formula is C21H24ClN3O4S. The van der Waals surface area contributed by atoms with Crippen LogP contribution in [0.1, 0.15) is 18.4 Å². The minimum absolute atomic E-state index is 0.100. The zero-order valence-corrected chi connectivity index (χ0v) is 18.2. The average molecular weight is 450 g/mol. The Bertz CT molecular complexity index is 1020. The Morgan fingerprint density at radius 2 is 1.63 bits per heavy atom. The molecule has 1 saturated heterocycles. The van der Waals surface area contributed by atoms with Crippen molar-refractivity contribution in [1.82, 2.24) is 4.90 Å². The third-order valence-electron chi connectivity index (χ3n) is 5.25. The monoisotopic (exact) mass is 449 g/mol. The number of rotatable bonds is 6. The lowest BCUT2D eigenvalue weighted by Crippen LogP contribution is -2.47. The van der Waals surface area contributed by atoms with Crippen LogP contribution in [0.2, 0.25) is 5.02 Å². The van der Waals surface area contributed by atoms with Gasteiger partial charge in [-0.3, -0.25) is 13.9 Å². The van der Waals surface area contributed by atoms with Gasteiger partial charge in [-0.25, -0.2) is 8.42 Å². The standard InChI is InChI=1S/C21H24ClN3O4S/c1-15-2-8-19(9-3-15)30(28,29)25(18-6-4-17(22)5-7-18)14-20(26)24-12-10-16(11-13-24)21(23)27/h2-9,16H,10-14H2,1H3,(H2,23,27). The lowest BCUT2D eigenvalue weighted by molar-refractivity contribution is -0.133. The van der Waals surface area contributed by atoms with Crippen LogP contribution in [0.25, 0.3) is 0 Å². The number of anilines is 1. The van der Waals surface area contributed by atoms with Gasteiger partial charge in [-0.2, -0.15) is 0 Å². The summed E-state index contributed by atoms with van der Waals surface area (Å²) in [5.41, 5.74) is 6.63. The van der Waals surface area contributed by atoms with Crippen LogP contribution in [0, 0.1) is 12.8 Å². The fourth-order valence-corrected chi connectivity index (χ4v) is 4.94. The molecule has 160 valence electrons. The van der Waals surface area contributed by atoms with Gasteiger partial charge in [0.2, 0.25) is 11.8 Å². The summed E-state index contributed by atoms with van der Waals surface area (Å²) in [4.78, 5) is 26.0. The van der Waals surface area contributed by atoms with E-state index in [1.165, 1.54) is 12.1 Å². The van der Waals surface area contributed by atoms with Crippen molar-refractivity contribution in [2.75, 3.05) is 23.9 Å². The van der Waals surface area contributed by atoms with Crippen LogP contribution in [-0.2, 0) is 19.6 Å². The third kappa shape index (κ3) is 4.94. The van der Waals surface area contributed by atoms with Crippen molar-refractivity contribution in [2.24, 2.45) is 11.7 Å². The number of nitrogens with two attached hydrogens (primary N) is 1. The van der Waals surface area contributed by atoms with E-state index in [1.807, 2.05) is 6.92 Å². The lowest BCUT2D eigenvalue weighted by Gasteiger charge is -2.33. The van der Waals surface area contributed by atoms with Gasteiger partial charge in [-0.1, -0.05) is 29.3 Å². The number of piperidine rings is 1. The van der Waals surface area contributed by atoms with E-state index in [-0.39, 0.29) is 29.2 Å². The maximum Gasteiger partial charge on any atom is 0.264 e. The van der Waals surface area contributed by atoms with Crippen molar-refractivity contribution in [2.45, 2.75) is 24.7 Å². The topological polar surface area (TPSA) is 101 Å².